The Morgan fingerprint density at radius 2 is 1.81 bits per heavy atom. The van der Waals surface area contributed by atoms with Crippen LogP contribution in [0.4, 0.5) is 10.1 Å². The summed E-state index contributed by atoms with van der Waals surface area (Å²) in [6.45, 7) is 0. The average molecular weight is 419 g/mol. The highest BCUT2D eigenvalue weighted by Gasteiger charge is 2.17. The molecular formula is C13H6Br2FNO4. The lowest BCUT2D eigenvalue weighted by atomic mass is 10.2. The minimum absolute atomic E-state index is 0.101. The maximum absolute atomic E-state index is 13.8. The number of aldehydes is 1. The summed E-state index contributed by atoms with van der Waals surface area (Å²) in [4.78, 5) is 20.7. The summed E-state index contributed by atoms with van der Waals surface area (Å²) >= 11 is 6.28. The van der Waals surface area contributed by atoms with Crippen LogP contribution in [0.15, 0.2) is 39.3 Å². The normalized spacial score (nSPS) is 10.2. The molecule has 0 saturated heterocycles. The van der Waals surface area contributed by atoms with Gasteiger partial charge in [-0.15, -0.1) is 0 Å². The van der Waals surface area contributed by atoms with Crippen molar-refractivity contribution in [3.05, 3.63) is 60.8 Å². The fourth-order valence-electron chi connectivity index (χ4n) is 1.53. The largest absolute Gasteiger partial charge is 0.452 e. The van der Waals surface area contributed by atoms with E-state index in [2.05, 4.69) is 31.9 Å². The van der Waals surface area contributed by atoms with E-state index in [4.69, 9.17) is 4.74 Å². The van der Waals surface area contributed by atoms with Gasteiger partial charge in [0, 0.05) is 17.7 Å². The number of ether oxygens (including phenoxy) is 1. The van der Waals surface area contributed by atoms with Gasteiger partial charge in [0.25, 0.3) is 5.69 Å². The van der Waals surface area contributed by atoms with E-state index < -0.39 is 10.7 Å². The zero-order valence-corrected chi connectivity index (χ0v) is 13.4. The smallest absolute Gasteiger partial charge is 0.271 e. The first-order valence-electron chi connectivity index (χ1n) is 5.48. The summed E-state index contributed by atoms with van der Waals surface area (Å²) in [5, 5.41) is 10.7. The Bertz CT molecular complexity index is 713. The van der Waals surface area contributed by atoms with Gasteiger partial charge in [-0.2, -0.15) is 0 Å². The molecule has 0 aliphatic rings. The van der Waals surface area contributed by atoms with Crippen molar-refractivity contribution in [3.8, 4) is 11.5 Å². The summed E-state index contributed by atoms with van der Waals surface area (Å²) in [7, 11) is 0. The minimum Gasteiger partial charge on any atom is -0.452 e. The topological polar surface area (TPSA) is 69.4 Å². The molecule has 0 amide bonds. The highest BCUT2D eigenvalue weighted by Crippen LogP contribution is 2.40. The first-order valence-corrected chi connectivity index (χ1v) is 7.07. The fraction of sp³-hybridized carbons (Fsp3) is 0. The quantitative estimate of drug-likeness (QED) is 0.403. The third-order valence-electron chi connectivity index (χ3n) is 2.50. The SMILES string of the molecule is O=Cc1ccc(Oc2c(Br)cc([N+](=O)[O-])cc2Br)c(F)c1. The predicted octanol–water partition coefficient (Wildman–Crippen LogP) is 4.86. The first-order chi connectivity index (χ1) is 9.92. The zero-order chi connectivity index (χ0) is 15.6. The Hall–Kier alpha value is -1.80. The van der Waals surface area contributed by atoms with Crippen molar-refractivity contribution in [2.75, 3.05) is 0 Å². The molecule has 5 nitrogen and oxygen atoms in total. The molecule has 0 saturated carbocycles. The molecule has 108 valence electrons. The van der Waals surface area contributed by atoms with Crippen LogP contribution in [-0.2, 0) is 0 Å². The number of halogens is 3. The predicted molar refractivity (Wildman–Crippen MR) is 80.4 cm³/mol. The molecule has 0 unspecified atom stereocenters. The standard InChI is InChI=1S/C13H6Br2FNO4/c14-9-4-8(17(19)20)5-10(15)13(9)21-12-2-1-7(6-18)3-11(12)16/h1-6H. The number of hydrogen-bond acceptors (Lipinski definition) is 4. The van der Waals surface area contributed by atoms with E-state index in [9.17, 15) is 19.3 Å². The summed E-state index contributed by atoms with van der Waals surface area (Å²) < 4.78 is 19.8. The molecule has 0 radical (unpaired) electrons. The van der Waals surface area contributed by atoms with Crippen LogP contribution in [0.1, 0.15) is 10.4 Å². The van der Waals surface area contributed by atoms with Crippen molar-refractivity contribution in [3.63, 3.8) is 0 Å². The van der Waals surface area contributed by atoms with Gasteiger partial charge in [0.1, 0.15) is 6.29 Å². The van der Waals surface area contributed by atoms with Crippen LogP contribution in [0.3, 0.4) is 0 Å². The van der Waals surface area contributed by atoms with Gasteiger partial charge in [0.2, 0.25) is 0 Å². The second-order valence-electron chi connectivity index (χ2n) is 3.91. The van der Waals surface area contributed by atoms with Crippen molar-refractivity contribution in [2.45, 2.75) is 0 Å². The second-order valence-corrected chi connectivity index (χ2v) is 5.61. The van der Waals surface area contributed by atoms with Crippen LogP contribution >= 0.6 is 31.9 Å². The van der Waals surface area contributed by atoms with Gasteiger partial charge in [0.15, 0.2) is 17.3 Å². The minimum atomic E-state index is -0.711. The van der Waals surface area contributed by atoms with Crippen molar-refractivity contribution < 1.29 is 18.8 Å². The number of carbonyl (C=O) groups is 1. The maximum atomic E-state index is 13.8. The molecule has 0 atom stereocenters. The van der Waals surface area contributed by atoms with Crippen molar-refractivity contribution in [1.82, 2.24) is 0 Å². The molecule has 21 heavy (non-hydrogen) atoms. The molecular weight excluding hydrogens is 413 g/mol. The number of hydrogen-bond donors (Lipinski definition) is 0. The summed E-state index contributed by atoms with van der Waals surface area (Å²) in [6.07, 6.45) is 0.518. The van der Waals surface area contributed by atoms with Crippen LogP contribution in [0.2, 0.25) is 0 Å². The van der Waals surface area contributed by atoms with Gasteiger partial charge in [-0.05, 0) is 50.1 Å². The third kappa shape index (κ3) is 3.45. The lowest BCUT2D eigenvalue weighted by molar-refractivity contribution is -0.385. The van der Waals surface area contributed by atoms with Crippen LogP contribution in [-0.4, -0.2) is 11.2 Å². The van der Waals surface area contributed by atoms with Gasteiger partial charge in [-0.1, -0.05) is 0 Å². The summed E-state index contributed by atoms with van der Waals surface area (Å²) in [6, 6.07) is 6.24. The number of non-ortho nitro benzene ring substituents is 1. The summed E-state index contributed by atoms with van der Waals surface area (Å²) in [5.74, 6) is -0.619. The lowest BCUT2D eigenvalue weighted by Gasteiger charge is -2.10. The Morgan fingerprint density at radius 3 is 2.29 bits per heavy atom. The maximum Gasteiger partial charge on any atom is 0.271 e. The monoisotopic (exact) mass is 417 g/mol. The number of nitro benzene ring substituents is 1. The molecule has 0 aromatic heterocycles. The molecule has 0 N–H and O–H groups in total. The molecule has 2 rings (SSSR count). The van der Waals surface area contributed by atoms with Gasteiger partial charge >= 0.3 is 0 Å². The first kappa shape index (κ1) is 15.6. The van der Waals surface area contributed by atoms with E-state index in [0.717, 1.165) is 6.07 Å². The van der Waals surface area contributed by atoms with Crippen LogP contribution in [0.25, 0.3) is 0 Å². The lowest BCUT2D eigenvalue weighted by Crippen LogP contribution is -1.94. The molecule has 0 fully saturated rings. The van der Waals surface area contributed by atoms with E-state index in [0.29, 0.717) is 15.2 Å². The Labute approximate surface area is 135 Å². The molecule has 2 aromatic rings. The molecule has 0 aliphatic carbocycles. The average Bonchev–Trinajstić information content (AvgIpc) is 2.43. The van der Waals surface area contributed by atoms with Crippen LogP contribution < -0.4 is 4.74 Å². The Kier molecular flexibility index (Phi) is 4.69. The Balaban J connectivity index is 2.40. The van der Waals surface area contributed by atoms with Crippen LogP contribution in [0, 0.1) is 15.9 Å². The number of benzene rings is 2. The summed E-state index contributed by atoms with van der Waals surface area (Å²) in [5.41, 5.74) is 0.0413. The molecule has 0 bridgehead atoms. The molecule has 2 aromatic carbocycles. The van der Waals surface area contributed by atoms with E-state index in [-0.39, 0.29) is 22.7 Å². The van der Waals surface area contributed by atoms with Crippen molar-refractivity contribution >= 4 is 43.8 Å². The third-order valence-corrected chi connectivity index (χ3v) is 3.68. The van der Waals surface area contributed by atoms with E-state index in [1.807, 2.05) is 0 Å². The molecule has 0 aliphatic heterocycles. The van der Waals surface area contributed by atoms with Gasteiger partial charge < -0.3 is 4.74 Å². The van der Waals surface area contributed by atoms with Gasteiger partial charge in [-0.3, -0.25) is 14.9 Å². The molecule has 8 heteroatoms. The number of carbonyl (C=O) groups excluding carboxylic acids is 1. The van der Waals surface area contributed by atoms with E-state index >= 15 is 0 Å². The fourth-order valence-corrected chi connectivity index (χ4v) is 2.86. The highest BCUT2D eigenvalue weighted by atomic mass is 79.9. The van der Waals surface area contributed by atoms with Gasteiger partial charge in [-0.25, -0.2) is 4.39 Å². The van der Waals surface area contributed by atoms with E-state index in [1.54, 1.807) is 0 Å². The van der Waals surface area contributed by atoms with E-state index in [1.165, 1.54) is 24.3 Å². The highest BCUT2D eigenvalue weighted by molar-refractivity contribution is 9.11. The van der Waals surface area contributed by atoms with Crippen molar-refractivity contribution in [2.24, 2.45) is 0 Å². The molecule has 0 spiro atoms. The number of nitro groups is 1. The second kappa shape index (κ2) is 6.31. The Morgan fingerprint density at radius 1 is 1.19 bits per heavy atom. The number of nitrogens with zero attached hydrogens (tertiary/aromatic N) is 1. The van der Waals surface area contributed by atoms with Crippen LogP contribution in [0.5, 0.6) is 11.5 Å². The van der Waals surface area contributed by atoms with Gasteiger partial charge in [0.05, 0.1) is 13.9 Å². The zero-order valence-electron chi connectivity index (χ0n) is 10.2. The number of rotatable bonds is 4. The molecule has 0 heterocycles. The van der Waals surface area contributed by atoms with Crippen molar-refractivity contribution in [1.29, 1.82) is 0 Å².